The molecule has 8 nitrogen and oxygen atoms in total. The van der Waals surface area contributed by atoms with Crippen molar-refractivity contribution in [3.8, 4) is 5.75 Å². The van der Waals surface area contributed by atoms with E-state index in [1.807, 2.05) is 19.1 Å². The summed E-state index contributed by atoms with van der Waals surface area (Å²) >= 11 is 1.52. The Balaban J connectivity index is 1.32. The van der Waals surface area contributed by atoms with Crippen molar-refractivity contribution in [1.29, 1.82) is 0 Å². The lowest BCUT2D eigenvalue weighted by Gasteiger charge is -2.33. The Morgan fingerprint density at radius 1 is 1.17 bits per heavy atom. The van der Waals surface area contributed by atoms with E-state index in [1.165, 1.54) is 15.6 Å². The van der Waals surface area contributed by atoms with Crippen molar-refractivity contribution < 1.29 is 22.7 Å². The predicted molar refractivity (Wildman–Crippen MR) is 140 cm³/mol. The Hall–Kier alpha value is -2.53. The molecule has 1 atom stereocenters. The number of piperidine rings is 1. The number of carbonyl (C=O) groups excluding carboxylic acids is 1. The number of ether oxygens (including phenoxy) is 2. The van der Waals surface area contributed by atoms with E-state index in [-0.39, 0.29) is 22.8 Å². The molecule has 5 rings (SSSR count). The second-order valence-corrected chi connectivity index (χ2v) is 12.4. The van der Waals surface area contributed by atoms with Crippen LogP contribution < -0.4 is 9.64 Å². The summed E-state index contributed by atoms with van der Waals surface area (Å²) in [6.45, 7) is 3.84. The highest BCUT2D eigenvalue weighted by Gasteiger charge is 2.36. The number of benzene rings is 2. The molecule has 2 aliphatic heterocycles. The number of methoxy groups -OCH3 is 1. The quantitative estimate of drug-likeness (QED) is 0.455. The fourth-order valence-corrected chi connectivity index (χ4v) is 7.40. The van der Waals surface area contributed by atoms with Gasteiger partial charge in [0.05, 0.1) is 34.9 Å². The molecular weight excluding hydrogens is 498 g/mol. The summed E-state index contributed by atoms with van der Waals surface area (Å²) < 4.78 is 39.8. The molecule has 0 spiro atoms. The highest BCUT2D eigenvalue weighted by Crippen LogP contribution is 2.33. The van der Waals surface area contributed by atoms with Gasteiger partial charge in [-0.3, -0.25) is 9.69 Å². The van der Waals surface area contributed by atoms with E-state index in [4.69, 9.17) is 14.5 Å². The van der Waals surface area contributed by atoms with Crippen molar-refractivity contribution in [2.24, 2.45) is 5.92 Å². The summed E-state index contributed by atoms with van der Waals surface area (Å²) in [5, 5.41) is 0.685. The molecule has 2 aromatic carbocycles. The van der Waals surface area contributed by atoms with Crippen molar-refractivity contribution in [1.82, 2.24) is 9.29 Å². The molecule has 1 amide bonds. The maximum Gasteiger partial charge on any atom is 0.243 e. The summed E-state index contributed by atoms with van der Waals surface area (Å²) in [6, 6.07) is 12.5. The number of rotatable bonds is 7. The minimum absolute atomic E-state index is 0.00163. The third-order valence-corrected chi connectivity index (χ3v) is 9.89. The molecule has 0 bridgehead atoms. The minimum atomic E-state index is -3.63. The van der Waals surface area contributed by atoms with Crippen LogP contribution in [-0.2, 0) is 19.6 Å². The van der Waals surface area contributed by atoms with E-state index >= 15 is 0 Å². The fourth-order valence-electron chi connectivity index (χ4n) is 4.85. The minimum Gasteiger partial charge on any atom is -0.497 e. The molecule has 10 heteroatoms. The van der Waals surface area contributed by atoms with Crippen LogP contribution in [0.4, 0.5) is 5.13 Å². The van der Waals surface area contributed by atoms with Gasteiger partial charge >= 0.3 is 0 Å². The van der Waals surface area contributed by atoms with Crippen LogP contribution in [0.15, 0.2) is 47.4 Å². The van der Waals surface area contributed by atoms with E-state index in [1.54, 1.807) is 36.3 Å². The lowest BCUT2D eigenvalue weighted by molar-refractivity contribution is -0.123. The molecule has 1 aromatic heterocycles. The monoisotopic (exact) mass is 529 g/mol. The first-order chi connectivity index (χ1) is 17.3. The van der Waals surface area contributed by atoms with Crippen LogP contribution in [0.3, 0.4) is 0 Å². The number of sulfonamides is 1. The number of aromatic nitrogens is 1. The number of nitrogens with zero attached hydrogens (tertiary/aromatic N) is 3. The van der Waals surface area contributed by atoms with E-state index in [0.29, 0.717) is 50.0 Å². The van der Waals surface area contributed by atoms with Gasteiger partial charge in [0.2, 0.25) is 15.9 Å². The highest BCUT2D eigenvalue weighted by molar-refractivity contribution is 7.89. The summed E-state index contributed by atoms with van der Waals surface area (Å²) in [5.41, 5.74) is 2.03. The van der Waals surface area contributed by atoms with Gasteiger partial charge in [-0.1, -0.05) is 17.4 Å². The number of aryl methyl sites for hydroxylation is 1. The first-order valence-electron chi connectivity index (χ1n) is 12.3. The van der Waals surface area contributed by atoms with Gasteiger partial charge in [0.25, 0.3) is 0 Å². The molecule has 2 fully saturated rings. The van der Waals surface area contributed by atoms with Crippen LogP contribution in [-0.4, -0.2) is 63.1 Å². The Labute approximate surface area is 215 Å². The molecule has 2 aliphatic rings. The summed E-state index contributed by atoms with van der Waals surface area (Å²) in [5.74, 6) is 0.347. The maximum atomic E-state index is 13.8. The number of carbonyl (C=O) groups is 1. The zero-order valence-corrected chi connectivity index (χ0v) is 22.2. The number of amides is 1. The van der Waals surface area contributed by atoms with Crippen molar-refractivity contribution in [2.75, 3.05) is 38.3 Å². The molecule has 1 unspecified atom stereocenters. The Bertz CT molecular complexity index is 1330. The summed E-state index contributed by atoms with van der Waals surface area (Å²) in [7, 11) is -2.08. The third-order valence-electron chi connectivity index (χ3n) is 6.94. The third kappa shape index (κ3) is 5.13. The van der Waals surface area contributed by atoms with Crippen LogP contribution >= 0.6 is 11.3 Å². The standard InChI is InChI=1S/C26H31N3O5S2/c1-18-5-10-23-24(16-18)35-26(27-23)29(17-21-4-3-15-34-21)25(30)19-11-13-28(14-12-19)36(31,32)22-8-6-20(33-2)7-9-22/h5-10,16,19,21H,3-4,11-15,17H2,1-2H3. The number of thiazole rings is 1. The zero-order chi connectivity index (χ0) is 25.3. The predicted octanol–water partition coefficient (Wildman–Crippen LogP) is 4.23. The second-order valence-electron chi connectivity index (χ2n) is 9.41. The lowest BCUT2D eigenvalue weighted by Crippen LogP contribution is -2.46. The fraction of sp³-hybridized carbons (Fsp3) is 0.462. The lowest BCUT2D eigenvalue weighted by atomic mass is 9.96. The van der Waals surface area contributed by atoms with Gasteiger partial charge in [0.15, 0.2) is 5.13 Å². The van der Waals surface area contributed by atoms with Gasteiger partial charge < -0.3 is 9.47 Å². The number of fused-ring (bicyclic) bond motifs is 1. The first-order valence-corrected chi connectivity index (χ1v) is 14.5. The molecule has 3 heterocycles. The molecule has 36 heavy (non-hydrogen) atoms. The SMILES string of the molecule is COc1ccc(S(=O)(=O)N2CCC(C(=O)N(CC3CCCO3)c3nc4ccc(C)cc4s3)CC2)cc1. The van der Waals surface area contributed by atoms with E-state index < -0.39 is 10.0 Å². The average Bonchev–Trinajstić information content (AvgIpc) is 3.56. The van der Waals surface area contributed by atoms with Gasteiger partial charge in [0.1, 0.15) is 5.75 Å². The Kier molecular flexibility index (Phi) is 7.30. The molecule has 0 saturated carbocycles. The highest BCUT2D eigenvalue weighted by atomic mass is 32.2. The van der Waals surface area contributed by atoms with E-state index in [9.17, 15) is 13.2 Å². The Morgan fingerprint density at radius 3 is 2.58 bits per heavy atom. The smallest absolute Gasteiger partial charge is 0.243 e. The van der Waals surface area contributed by atoms with Crippen LogP contribution in [0.1, 0.15) is 31.2 Å². The topological polar surface area (TPSA) is 89.0 Å². The van der Waals surface area contributed by atoms with Crippen molar-refractivity contribution in [3.05, 3.63) is 48.0 Å². The molecule has 0 aliphatic carbocycles. The molecule has 0 radical (unpaired) electrons. The number of hydrogen-bond acceptors (Lipinski definition) is 7. The average molecular weight is 530 g/mol. The molecular formula is C26H31N3O5S2. The summed E-state index contributed by atoms with van der Waals surface area (Å²) in [4.78, 5) is 20.6. The van der Waals surface area contributed by atoms with Gasteiger partial charge in [-0.05, 0) is 74.6 Å². The van der Waals surface area contributed by atoms with Crippen molar-refractivity contribution in [2.45, 2.75) is 43.6 Å². The van der Waals surface area contributed by atoms with E-state index in [0.717, 1.165) is 28.6 Å². The van der Waals surface area contributed by atoms with Gasteiger partial charge in [-0.15, -0.1) is 0 Å². The molecule has 3 aromatic rings. The number of anilines is 1. The van der Waals surface area contributed by atoms with Crippen molar-refractivity contribution in [3.63, 3.8) is 0 Å². The maximum absolute atomic E-state index is 13.8. The largest absolute Gasteiger partial charge is 0.497 e. The first kappa shape index (κ1) is 25.1. The number of hydrogen-bond donors (Lipinski definition) is 0. The zero-order valence-electron chi connectivity index (χ0n) is 20.6. The molecule has 2 saturated heterocycles. The second kappa shape index (κ2) is 10.5. The van der Waals surface area contributed by atoms with E-state index in [2.05, 4.69) is 6.07 Å². The van der Waals surface area contributed by atoms with Crippen molar-refractivity contribution >= 4 is 42.6 Å². The van der Waals surface area contributed by atoms with Gasteiger partial charge in [-0.2, -0.15) is 4.31 Å². The normalized spacial score (nSPS) is 19.6. The molecule has 0 N–H and O–H groups in total. The molecule has 192 valence electrons. The van der Waals surface area contributed by atoms with Gasteiger partial charge in [-0.25, -0.2) is 13.4 Å². The summed E-state index contributed by atoms with van der Waals surface area (Å²) in [6.07, 6.45) is 2.86. The van der Waals surface area contributed by atoms with Crippen LogP contribution in [0.2, 0.25) is 0 Å². The Morgan fingerprint density at radius 2 is 1.92 bits per heavy atom. The van der Waals surface area contributed by atoms with Crippen LogP contribution in [0.25, 0.3) is 10.2 Å². The van der Waals surface area contributed by atoms with Crippen LogP contribution in [0, 0.1) is 12.8 Å². The van der Waals surface area contributed by atoms with Crippen LogP contribution in [0.5, 0.6) is 5.75 Å². The van der Waals surface area contributed by atoms with Gasteiger partial charge in [0, 0.05) is 25.6 Å².